The fourth-order valence-corrected chi connectivity index (χ4v) is 4.06. The first-order valence-electron chi connectivity index (χ1n) is 9.22. The molecule has 0 spiro atoms. The van der Waals surface area contributed by atoms with E-state index in [0.717, 1.165) is 0 Å². The van der Waals surface area contributed by atoms with Gasteiger partial charge in [-0.05, 0) is 31.2 Å². The van der Waals surface area contributed by atoms with Gasteiger partial charge in [-0.15, -0.1) is 0 Å². The second kappa shape index (κ2) is 8.00. The van der Waals surface area contributed by atoms with Gasteiger partial charge in [-0.25, -0.2) is 4.98 Å². The second-order valence-corrected chi connectivity index (χ2v) is 8.62. The Morgan fingerprint density at radius 1 is 1.03 bits per heavy atom. The third-order valence-corrected chi connectivity index (χ3v) is 5.80. The molecule has 0 fully saturated rings. The van der Waals surface area contributed by atoms with E-state index in [9.17, 15) is 4.79 Å². The van der Waals surface area contributed by atoms with Crippen LogP contribution in [0.3, 0.4) is 0 Å². The van der Waals surface area contributed by atoms with Crippen LogP contribution in [0.25, 0.3) is 16.6 Å². The highest BCUT2D eigenvalue weighted by Crippen LogP contribution is 2.35. The molecule has 0 radical (unpaired) electrons. The Morgan fingerprint density at radius 3 is 2.48 bits per heavy atom. The van der Waals surface area contributed by atoms with E-state index in [-0.39, 0.29) is 16.7 Å². The number of fused-ring (bicyclic) bond motifs is 1. The van der Waals surface area contributed by atoms with Gasteiger partial charge >= 0.3 is 0 Å². The number of rotatable bonds is 5. The average molecular weight is 427 g/mol. The van der Waals surface area contributed by atoms with Gasteiger partial charge < -0.3 is 4.52 Å². The maximum Gasteiger partial charge on any atom is 0.266 e. The van der Waals surface area contributed by atoms with Gasteiger partial charge in [-0.1, -0.05) is 66.6 Å². The Bertz CT molecular complexity index is 1230. The Kier molecular flexibility index (Phi) is 5.43. The summed E-state index contributed by atoms with van der Waals surface area (Å²) in [6, 6.07) is 14.5. The number of hydrogen-bond acceptors (Lipinski definition) is 6. The predicted octanol–water partition coefficient (Wildman–Crippen LogP) is 5.40. The summed E-state index contributed by atoms with van der Waals surface area (Å²) in [5.41, 5.74) is 1.04. The zero-order valence-corrected chi connectivity index (χ0v) is 17.7. The topological polar surface area (TPSA) is 73.8 Å². The van der Waals surface area contributed by atoms with Crippen LogP contribution in [-0.2, 0) is 0 Å². The number of nitrogens with zero attached hydrogens (tertiary/aromatic N) is 4. The summed E-state index contributed by atoms with van der Waals surface area (Å²) in [6.07, 6.45) is 0. The number of para-hydroxylation sites is 2. The minimum Gasteiger partial charge on any atom is -0.338 e. The first kappa shape index (κ1) is 19.7. The molecular weight excluding hydrogens is 408 g/mol. The minimum atomic E-state index is -0.197. The lowest BCUT2D eigenvalue weighted by molar-refractivity contribution is 0.373. The van der Waals surface area contributed by atoms with Gasteiger partial charge in [0.15, 0.2) is 11.0 Å². The van der Waals surface area contributed by atoms with Crippen LogP contribution in [0.5, 0.6) is 0 Å². The van der Waals surface area contributed by atoms with Gasteiger partial charge in [-0.2, -0.15) is 4.98 Å². The van der Waals surface area contributed by atoms with E-state index in [0.29, 0.717) is 38.5 Å². The van der Waals surface area contributed by atoms with E-state index in [2.05, 4.69) is 10.1 Å². The molecule has 0 saturated carbocycles. The Balaban J connectivity index is 1.85. The predicted molar refractivity (Wildman–Crippen MR) is 115 cm³/mol. The van der Waals surface area contributed by atoms with Gasteiger partial charge in [0.25, 0.3) is 5.56 Å². The molecule has 1 atom stereocenters. The molecule has 6 nitrogen and oxygen atoms in total. The van der Waals surface area contributed by atoms with Crippen LogP contribution in [-0.4, -0.2) is 19.7 Å². The molecule has 29 heavy (non-hydrogen) atoms. The van der Waals surface area contributed by atoms with Crippen molar-refractivity contribution in [3.63, 3.8) is 0 Å². The molecule has 0 aliphatic heterocycles. The van der Waals surface area contributed by atoms with Crippen LogP contribution >= 0.6 is 23.4 Å². The monoisotopic (exact) mass is 426 g/mol. The fraction of sp³-hybridized carbons (Fsp3) is 0.238. The van der Waals surface area contributed by atoms with Crippen LogP contribution in [0.4, 0.5) is 0 Å². The summed E-state index contributed by atoms with van der Waals surface area (Å²) < 4.78 is 6.97. The summed E-state index contributed by atoms with van der Waals surface area (Å²) in [6.45, 7) is 5.96. The lowest BCUT2D eigenvalue weighted by Crippen LogP contribution is -2.22. The number of halogens is 1. The molecule has 2 aromatic carbocycles. The van der Waals surface area contributed by atoms with Crippen molar-refractivity contribution in [2.45, 2.75) is 37.1 Å². The maximum absolute atomic E-state index is 13.3. The minimum absolute atomic E-state index is 0.171. The van der Waals surface area contributed by atoms with Crippen LogP contribution in [0.15, 0.2) is 63.0 Å². The maximum atomic E-state index is 13.3. The summed E-state index contributed by atoms with van der Waals surface area (Å²) in [4.78, 5) is 22.5. The Labute approximate surface area is 176 Å². The summed E-state index contributed by atoms with van der Waals surface area (Å²) >= 11 is 7.79. The van der Waals surface area contributed by atoms with E-state index < -0.39 is 0 Å². The zero-order valence-electron chi connectivity index (χ0n) is 16.2. The first-order valence-corrected chi connectivity index (χ1v) is 10.5. The van der Waals surface area contributed by atoms with E-state index in [4.69, 9.17) is 21.1 Å². The van der Waals surface area contributed by atoms with Crippen molar-refractivity contribution >= 4 is 34.3 Å². The van der Waals surface area contributed by atoms with Gasteiger partial charge in [-0.3, -0.25) is 9.36 Å². The molecule has 0 aliphatic carbocycles. The number of hydrogen-bond donors (Lipinski definition) is 0. The molecule has 8 heteroatoms. The quantitative estimate of drug-likeness (QED) is 0.314. The smallest absolute Gasteiger partial charge is 0.266 e. The molecule has 0 unspecified atom stereocenters. The molecule has 0 bridgehead atoms. The summed E-state index contributed by atoms with van der Waals surface area (Å²) in [5.74, 6) is 1.32. The highest BCUT2D eigenvalue weighted by atomic mass is 35.5. The number of benzene rings is 2. The van der Waals surface area contributed by atoms with Crippen LogP contribution in [0, 0.1) is 0 Å². The molecule has 2 heterocycles. The van der Waals surface area contributed by atoms with Crippen LogP contribution in [0.2, 0.25) is 5.02 Å². The largest absolute Gasteiger partial charge is 0.338 e. The van der Waals surface area contributed by atoms with Gasteiger partial charge in [0.2, 0.25) is 5.89 Å². The molecule has 0 amide bonds. The van der Waals surface area contributed by atoms with Gasteiger partial charge in [0.05, 0.1) is 26.9 Å². The SMILES string of the molecule is CC(C)c1noc([C@H](C)Sc2nc3ccccc3c(=O)n2-c2ccccc2Cl)n1. The molecule has 4 rings (SSSR count). The lowest BCUT2D eigenvalue weighted by atomic mass is 10.2. The van der Waals surface area contributed by atoms with E-state index in [1.165, 1.54) is 11.8 Å². The first-order chi connectivity index (χ1) is 14.0. The van der Waals surface area contributed by atoms with Crippen molar-refractivity contribution in [2.75, 3.05) is 0 Å². The Hall–Kier alpha value is -2.64. The summed E-state index contributed by atoms with van der Waals surface area (Å²) in [7, 11) is 0. The Morgan fingerprint density at radius 2 is 1.76 bits per heavy atom. The highest BCUT2D eigenvalue weighted by molar-refractivity contribution is 7.99. The number of aromatic nitrogens is 4. The normalized spacial score (nSPS) is 12.6. The van der Waals surface area contributed by atoms with Crippen molar-refractivity contribution in [2.24, 2.45) is 0 Å². The van der Waals surface area contributed by atoms with Crippen molar-refractivity contribution in [1.29, 1.82) is 0 Å². The molecule has 0 saturated heterocycles. The van der Waals surface area contributed by atoms with E-state index >= 15 is 0 Å². The highest BCUT2D eigenvalue weighted by Gasteiger charge is 2.22. The number of thioether (sulfide) groups is 1. The second-order valence-electron chi connectivity index (χ2n) is 6.91. The van der Waals surface area contributed by atoms with Crippen molar-refractivity contribution < 1.29 is 4.52 Å². The van der Waals surface area contributed by atoms with Crippen molar-refractivity contribution in [3.8, 4) is 5.69 Å². The average Bonchev–Trinajstić information content (AvgIpc) is 3.20. The standard InChI is InChI=1S/C21H19ClN4O2S/c1-12(2)18-24-19(28-25-18)13(3)29-21-23-16-10-6-4-8-14(16)20(27)26(21)17-11-7-5-9-15(17)22/h4-13H,1-3H3/t13-/m0/s1. The summed E-state index contributed by atoms with van der Waals surface area (Å²) in [5, 5.41) is 5.35. The molecule has 4 aromatic rings. The van der Waals surface area contributed by atoms with Crippen molar-refractivity contribution in [3.05, 3.63) is 75.6 Å². The van der Waals surface area contributed by atoms with Gasteiger partial charge in [0, 0.05) is 5.92 Å². The molecule has 2 aromatic heterocycles. The molecule has 148 valence electrons. The van der Waals surface area contributed by atoms with Crippen LogP contribution in [0.1, 0.15) is 43.7 Å². The lowest BCUT2D eigenvalue weighted by Gasteiger charge is -2.15. The third kappa shape index (κ3) is 3.80. The van der Waals surface area contributed by atoms with E-state index in [1.807, 2.05) is 51.1 Å². The molecule has 0 N–H and O–H groups in total. The van der Waals surface area contributed by atoms with Crippen LogP contribution < -0.4 is 5.56 Å². The molecule has 0 aliphatic rings. The van der Waals surface area contributed by atoms with E-state index in [1.54, 1.807) is 22.8 Å². The van der Waals surface area contributed by atoms with Gasteiger partial charge in [0.1, 0.15) is 0 Å². The fourth-order valence-electron chi connectivity index (χ4n) is 2.89. The van der Waals surface area contributed by atoms with Crippen molar-refractivity contribution in [1.82, 2.24) is 19.7 Å². The molecular formula is C21H19ClN4O2S. The third-order valence-electron chi connectivity index (χ3n) is 4.44. The zero-order chi connectivity index (χ0) is 20.5.